The summed E-state index contributed by atoms with van der Waals surface area (Å²) in [5, 5.41) is 4.10. The molecule has 1 aromatic carbocycles. The first kappa shape index (κ1) is 12.9. The Kier molecular flexibility index (Phi) is 3.32. The van der Waals surface area contributed by atoms with Gasteiger partial charge < -0.3 is 5.73 Å². The molecule has 0 saturated heterocycles. The van der Waals surface area contributed by atoms with Gasteiger partial charge in [0.05, 0.1) is 21.9 Å². The zero-order chi connectivity index (χ0) is 13.3. The van der Waals surface area contributed by atoms with Gasteiger partial charge in [0, 0.05) is 24.5 Å². The fraction of sp³-hybridized carbons (Fsp3) is 0.182. The van der Waals surface area contributed by atoms with Gasteiger partial charge in [0.1, 0.15) is 0 Å². The van der Waals surface area contributed by atoms with Crippen molar-refractivity contribution in [3.8, 4) is 0 Å². The van der Waals surface area contributed by atoms with Crippen LogP contribution in [-0.4, -0.2) is 18.2 Å². The Morgan fingerprint density at radius 3 is 2.78 bits per heavy atom. The molecule has 5 nitrogen and oxygen atoms in total. The van der Waals surface area contributed by atoms with Gasteiger partial charge in [-0.1, -0.05) is 11.6 Å². The van der Waals surface area contributed by atoms with E-state index in [-0.39, 0.29) is 15.7 Å². The highest BCUT2D eigenvalue weighted by Crippen LogP contribution is 2.26. The van der Waals surface area contributed by atoms with Crippen LogP contribution in [0.1, 0.15) is 5.56 Å². The Morgan fingerprint density at radius 1 is 1.44 bits per heavy atom. The van der Waals surface area contributed by atoms with Crippen LogP contribution < -0.4 is 5.73 Å². The summed E-state index contributed by atoms with van der Waals surface area (Å²) in [5.74, 6) is -0.149. The lowest BCUT2D eigenvalue weighted by Crippen LogP contribution is -2.06. The smallest absolute Gasteiger partial charge is 0.184 e. The molecule has 18 heavy (non-hydrogen) atoms. The molecule has 1 aromatic heterocycles. The number of nitrogen functional groups attached to an aromatic ring is 1. The number of nitrogens with two attached hydrogens (primary N) is 1. The van der Waals surface area contributed by atoms with Crippen molar-refractivity contribution in [3.63, 3.8) is 0 Å². The second-order valence-corrected chi connectivity index (χ2v) is 6.34. The molecule has 0 unspecified atom stereocenters. The molecular weight excluding hydrogens is 274 g/mol. The van der Waals surface area contributed by atoms with Crippen molar-refractivity contribution >= 4 is 27.1 Å². The fourth-order valence-electron chi connectivity index (χ4n) is 1.60. The largest absolute Gasteiger partial charge is 0.399 e. The van der Waals surface area contributed by atoms with Gasteiger partial charge in [-0.2, -0.15) is 5.10 Å². The second-order valence-electron chi connectivity index (χ2n) is 3.97. The van der Waals surface area contributed by atoms with Crippen LogP contribution in [0.25, 0.3) is 0 Å². The first-order chi connectivity index (χ1) is 8.38. The zero-order valence-corrected chi connectivity index (χ0v) is 11.2. The molecule has 0 bridgehead atoms. The van der Waals surface area contributed by atoms with E-state index in [0.29, 0.717) is 11.3 Å². The van der Waals surface area contributed by atoms with Crippen LogP contribution in [-0.2, 0) is 22.6 Å². The molecule has 2 rings (SSSR count). The van der Waals surface area contributed by atoms with Crippen molar-refractivity contribution in [1.82, 2.24) is 9.78 Å². The third kappa shape index (κ3) is 2.65. The van der Waals surface area contributed by atoms with Gasteiger partial charge in [-0.25, -0.2) is 8.42 Å². The summed E-state index contributed by atoms with van der Waals surface area (Å²) in [6.45, 7) is 0. The van der Waals surface area contributed by atoms with Gasteiger partial charge in [0.15, 0.2) is 9.84 Å². The Hall–Kier alpha value is -1.53. The van der Waals surface area contributed by atoms with Gasteiger partial charge in [0.2, 0.25) is 0 Å². The van der Waals surface area contributed by atoms with Crippen LogP contribution in [0.15, 0.2) is 35.5 Å². The van der Waals surface area contributed by atoms with Crippen molar-refractivity contribution in [3.05, 3.63) is 41.2 Å². The number of halogens is 1. The van der Waals surface area contributed by atoms with E-state index >= 15 is 0 Å². The maximum atomic E-state index is 12.2. The highest BCUT2D eigenvalue weighted by Gasteiger charge is 2.19. The van der Waals surface area contributed by atoms with Crippen molar-refractivity contribution in [2.24, 2.45) is 7.05 Å². The molecule has 0 atom stereocenters. The number of aryl methyl sites for hydroxylation is 1. The Morgan fingerprint density at radius 2 is 2.17 bits per heavy atom. The summed E-state index contributed by atoms with van der Waals surface area (Å²) in [6, 6.07) is 4.41. The molecule has 0 radical (unpaired) electrons. The molecule has 0 fully saturated rings. The van der Waals surface area contributed by atoms with Gasteiger partial charge in [-0.15, -0.1) is 0 Å². The molecule has 0 aliphatic carbocycles. The number of hydrogen-bond acceptors (Lipinski definition) is 4. The molecule has 0 spiro atoms. The molecule has 0 saturated carbocycles. The maximum Gasteiger partial charge on any atom is 0.184 e. The van der Waals surface area contributed by atoms with Crippen molar-refractivity contribution in [2.45, 2.75) is 10.6 Å². The zero-order valence-electron chi connectivity index (χ0n) is 9.67. The fourth-order valence-corrected chi connectivity index (χ4v) is 3.50. The summed E-state index contributed by atoms with van der Waals surface area (Å²) in [7, 11) is -1.79. The summed E-state index contributed by atoms with van der Waals surface area (Å²) >= 11 is 5.90. The third-order valence-corrected chi connectivity index (χ3v) is 4.57. The maximum absolute atomic E-state index is 12.2. The first-order valence-electron chi connectivity index (χ1n) is 5.14. The van der Waals surface area contributed by atoms with E-state index in [4.69, 9.17) is 17.3 Å². The van der Waals surface area contributed by atoms with E-state index in [0.717, 1.165) is 0 Å². The Balaban J connectivity index is 2.39. The number of rotatable bonds is 3. The predicted octanol–water partition coefficient (Wildman–Crippen LogP) is 1.63. The van der Waals surface area contributed by atoms with Crippen LogP contribution in [0.2, 0.25) is 5.02 Å². The Labute approximate surface area is 110 Å². The lowest BCUT2D eigenvalue weighted by Gasteiger charge is -2.06. The third-order valence-electron chi connectivity index (χ3n) is 2.41. The summed E-state index contributed by atoms with van der Waals surface area (Å²) in [5.41, 5.74) is 6.55. The molecule has 1 heterocycles. The summed E-state index contributed by atoms with van der Waals surface area (Å²) in [4.78, 5) is 0.0491. The van der Waals surface area contributed by atoms with Crippen molar-refractivity contribution < 1.29 is 8.42 Å². The highest BCUT2D eigenvalue weighted by molar-refractivity contribution is 7.90. The summed E-state index contributed by atoms with van der Waals surface area (Å²) < 4.78 is 26.0. The number of hydrogen-bond donors (Lipinski definition) is 1. The molecule has 2 N–H and O–H groups in total. The molecular formula is C11H12ClN3O2S. The number of aromatic nitrogens is 2. The molecule has 7 heteroatoms. The molecule has 0 aliphatic heterocycles. The van der Waals surface area contributed by atoms with E-state index in [1.165, 1.54) is 18.3 Å². The number of sulfone groups is 1. The van der Waals surface area contributed by atoms with Gasteiger partial charge in [-0.3, -0.25) is 4.68 Å². The van der Waals surface area contributed by atoms with Crippen LogP contribution in [0, 0.1) is 0 Å². The van der Waals surface area contributed by atoms with Gasteiger partial charge >= 0.3 is 0 Å². The number of nitrogens with zero attached hydrogens (tertiary/aromatic N) is 2. The number of anilines is 1. The SMILES string of the molecule is Cn1cc(CS(=O)(=O)c2cc(N)ccc2Cl)cn1. The van der Waals surface area contributed by atoms with Crippen LogP contribution in [0.5, 0.6) is 0 Å². The van der Waals surface area contributed by atoms with Crippen molar-refractivity contribution in [1.29, 1.82) is 0 Å². The predicted molar refractivity (Wildman–Crippen MR) is 70.0 cm³/mol. The van der Waals surface area contributed by atoms with Crippen LogP contribution >= 0.6 is 11.6 Å². The summed E-state index contributed by atoms with van der Waals surface area (Å²) in [6.07, 6.45) is 3.16. The quantitative estimate of drug-likeness (QED) is 0.870. The minimum atomic E-state index is -3.52. The lowest BCUT2D eigenvalue weighted by atomic mass is 10.3. The van der Waals surface area contributed by atoms with E-state index in [2.05, 4.69) is 5.10 Å². The second kappa shape index (κ2) is 4.62. The monoisotopic (exact) mass is 285 g/mol. The average molecular weight is 286 g/mol. The molecule has 0 amide bonds. The van der Waals surface area contributed by atoms with E-state index < -0.39 is 9.84 Å². The van der Waals surface area contributed by atoms with Crippen LogP contribution in [0.4, 0.5) is 5.69 Å². The first-order valence-corrected chi connectivity index (χ1v) is 7.17. The van der Waals surface area contributed by atoms with Crippen LogP contribution in [0.3, 0.4) is 0 Å². The molecule has 96 valence electrons. The van der Waals surface area contributed by atoms with E-state index in [1.54, 1.807) is 24.0 Å². The van der Waals surface area contributed by atoms with Gasteiger partial charge in [-0.05, 0) is 18.2 Å². The minimum absolute atomic E-state index is 0.0491. The number of benzene rings is 1. The standard InChI is InChI=1S/C11H12ClN3O2S/c1-15-6-8(5-14-15)7-18(16,17)11-4-9(13)2-3-10(11)12/h2-6H,7,13H2,1H3. The van der Waals surface area contributed by atoms with Gasteiger partial charge in [0.25, 0.3) is 0 Å². The lowest BCUT2D eigenvalue weighted by molar-refractivity contribution is 0.595. The Bertz CT molecular complexity index is 679. The van der Waals surface area contributed by atoms with E-state index in [1.807, 2.05) is 0 Å². The topological polar surface area (TPSA) is 78.0 Å². The van der Waals surface area contributed by atoms with Crippen molar-refractivity contribution in [2.75, 3.05) is 5.73 Å². The average Bonchev–Trinajstić information content (AvgIpc) is 2.66. The molecule has 2 aromatic rings. The minimum Gasteiger partial charge on any atom is -0.399 e. The molecule has 0 aliphatic rings. The normalized spacial score (nSPS) is 11.7. The highest BCUT2D eigenvalue weighted by atomic mass is 35.5. The van der Waals surface area contributed by atoms with E-state index in [9.17, 15) is 8.42 Å².